The van der Waals surface area contributed by atoms with Gasteiger partial charge in [0.25, 0.3) is 0 Å². The minimum Gasteiger partial charge on any atom is -0.369 e. The van der Waals surface area contributed by atoms with E-state index in [1.807, 2.05) is 0 Å². The molecule has 0 amide bonds. The molecule has 0 unspecified atom stereocenters. The molecular formula is C14H18N4S. The fraction of sp³-hybridized carbons (Fsp3) is 0.571. The second-order valence-corrected chi connectivity index (χ2v) is 7.23. The first kappa shape index (κ1) is 11.5. The predicted molar refractivity (Wildman–Crippen MR) is 79.4 cm³/mol. The maximum absolute atomic E-state index is 5.81. The molecule has 0 spiro atoms. The molecule has 0 aliphatic heterocycles. The maximum atomic E-state index is 5.81. The second-order valence-electron chi connectivity index (χ2n) is 6.00. The number of nitrogen functional groups attached to an aromatic ring is 1. The quantitative estimate of drug-likeness (QED) is 0.898. The monoisotopic (exact) mass is 274 g/mol. The highest BCUT2D eigenvalue weighted by atomic mass is 32.1. The Balaban J connectivity index is 1.63. The van der Waals surface area contributed by atoms with Crippen LogP contribution in [-0.2, 0) is 0 Å². The summed E-state index contributed by atoms with van der Waals surface area (Å²) in [4.78, 5) is 10.9. The lowest BCUT2D eigenvalue weighted by Gasteiger charge is -2.16. The number of nitrogens with one attached hydrogen (secondary N) is 1. The van der Waals surface area contributed by atoms with Gasteiger partial charge in [-0.2, -0.15) is 4.98 Å². The number of fused-ring (bicyclic) bond motifs is 1. The molecule has 0 saturated heterocycles. The average molecular weight is 274 g/mol. The zero-order chi connectivity index (χ0) is 13.0. The molecule has 0 bridgehead atoms. The Labute approximate surface area is 116 Å². The van der Waals surface area contributed by atoms with E-state index in [9.17, 15) is 0 Å². The fourth-order valence-corrected chi connectivity index (χ4v) is 3.93. The molecule has 2 saturated carbocycles. The number of aromatic nitrogens is 2. The van der Waals surface area contributed by atoms with Crippen molar-refractivity contribution in [2.45, 2.75) is 32.6 Å². The Kier molecular flexibility index (Phi) is 2.31. The van der Waals surface area contributed by atoms with Crippen LogP contribution in [-0.4, -0.2) is 16.5 Å². The minimum atomic E-state index is 0.369. The molecule has 3 N–H and O–H groups in total. The van der Waals surface area contributed by atoms with Crippen molar-refractivity contribution in [2.24, 2.45) is 11.3 Å². The molecule has 2 fully saturated rings. The molecule has 2 aromatic rings. The molecule has 2 aliphatic carbocycles. The number of hydrogen-bond donors (Lipinski definition) is 2. The molecule has 0 atom stereocenters. The van der Waals surface area contributed by atoms with Crippen molar-refractivity contribution in [3.63, 3.8) is 0 Å². The largest absolute Gasteiger partial charge is 0.369 e. The smallest absolute Gasteiger partial charge is 0.223 e. The molecule has 4 nitrogen and oxygen atoms in total. The molecule has 4 rings (SSSR count). The van der Waals surface area contributed by atoms with Gasteiger partial charge in [-0.05, 0) is 50.0 Å². The zero-order valence-electron chi connectivity index (χ0n) is 11.1. The van der Waals surface area contributed by atoms with E-state index in [4.69, 9.17) is 5.73 Å². The lowest BCUT2D eigenvalue weighted by Crippen LogP contribution is -2.18. The number of rotatable bonds is 4. The van der Waals surface area contributed by atoms with E-state index in [-0.39, 0.29) is 0 Å². The van der Waals surface area contributed by atoms with Gasteiger partial charge in [0.2, 0.25) is 5.95 Å². The Morgan fingerprint density at radius 1 is 1.42 bits per heavy atom. The first-order chi connectivity index (χ1) is 9.16. The zero-order valence-corrected chi connectivity index (χ0v) is 11.9. The molecule has 5 heteroatoms. The number of nitrogens with two attached hydrogens (primary N) is 1. The van der Waals surface area contributed by atoms with Crippen LogP contribution in [0.4, 0.5) is 11.8 Å². The summed E-state index contributed by atoms with van der Waals surface area (Å²) in [5, 5.41) is 4.66. The minimum absolute atomic E-state index is 0.369. The standard InChI is InChI=1S/C14H18N4S/c1-8-6-10-11(17-13(15)18-12(10)19-8)16-7-14(4-5-14)9-2-3-9/h6,9H,2-5,7H2,1H3,(H3,15,16,17,18). The molecule has 2 heterocycles. The molecule has 2 aromatic heterocycles. The van der Waals surface area contributed by atoms with E-state index in [2.05, 4.69) is 28.3 Å². The van der Waals surface area contributed by atoms with E-state index in [0.29, 0.717) is 11.4 Å². The van der Waals surface area contributed by atoms with Crippen LogP contribution in [0.5, 0.6) is 0 Å². The molecule has 2 aliphatic rings. The average Bonchev–Trinajstić information content (AvgIpc) is 3.22. The summed E-state index contributed by atoms with van der Waals surface area (Å²) in [6.45, 7) is 3.14. The Morgan fingerprint density at radius 3 is 2.89 bits per heavy atom. The normalized spacial score (nSPS) is 20.7. The summed E-state index contributed by atoms with van der Waals surface area (Å²) < 4.78 is 0. The summed E-state index contributed by atoms with van der Waals surface area (Å²) in [6, 6.07) is 2.15. The van der Waals surface area contributed by atoms with Crippen LogP contribution in [0.3, 0.4) is 0 Å². The van der Waals surface area contributed by atoms with Crippen LogP contribution in [0.15, 0.2) is 6.07 Å². The van der Waals surface area contributed by atoms with Crippen molar-refractivity contribution in [3.8, 4) is 0 Å². The van der Waals surface area contributed by atoms with E-state index in [1.165, 1.54) is 30.6 Å². The summed E-state index contributed by atoms with van der Waals surface area (Å²) >= 11 is 1.68. The van der Waals surface area contributed by atoms with Gasteiger partial charge in [-0.1, -0.05) is 0 Å². The van der Waals surface area contributed by atoms with Crippen LogP contribution >= 0.6 is 11.3 Å². The summed E-state index contributed by atoms with van der Waals surface area (Å²) in [5.41, 5.74) is 6.37. The topological polar surface area (TPSA) is 63.8 Å². The van der Waals surface area contributed by atoms with Gasteiger partial charge in [0.15, 0.2) is 0 Å². The molecule has 0 radical (unpaired) electrons. The third kappa shape index (κ3) is 1.96. The highest BCUT2D eigenvalue weighted by Gasteiger charge is 2.53. The van der Waals surface area contributed by atoms with Gasteiger partial charge in [-0.15, -0.1) is 11.3 Å². The van der Waals surface area contributed by atoms with Gasteiger partial charge >= 0.3 is 0 Å². The van der Waals surface area contributed by atoms with E-state index < -0.39 is 0 Å². The highest BCUT2D eigenvalue weighted by molar-refractivity contribution is 7.18. The summed E-state index contributed by atoms with van der Waals surface area (Å²) in [5.74, 6) is 2.24. The Bertz CT molecular complexity index is 640. The summed E-state index contributed by atoms with van der Waals surface area (Å²) in [6.07, 6.45) is 5.58. The van der Waals surface area contributed by atoms with Gasteiger partial charge in [0.1, 0.15) is 10.6 Å². The van der Waals surface area contributed by atoms with E-state index >= 15 is 0 Å². The van der Waals surface area contributed by atoms with Crippen LogP contribution < -0.4 is 11.1 Å². The number of aryl methyl sites for hydroxylation is 1. The lowest BCUT2D eigenvalue weighted by molar-refractivity contribution is 0.466. The number of hydrogen-bond acceptors (Lipinski definition) is 5. The van der Waals surface area contributed by atoms with Crippen LogP contribution in [0.2, 0.25) is 0 Å². The van der Waals surface area contributed by atoms with E-state index in [0.717, 1.165) is 28.5 Å². The van der Waals surface area contributed by atoms with Crippen LogP contribution in [0.1, 0.15) is 30.6 Å². The number of anilines is 2. The lowest BCUT2D eigenvalue weighted by atomic mass is 10.0. The SMILES string of the molecule is Cc1cc2c(NCC3(C4CC4)CC3)nc(N)nc2s1. The van der Waals surface area contributed by atoms with Crippen molar-refractivity contribution >= 4 is 33.3 Å². The Morgan fingerprint density at radius 2 is 2.21 bits per heavy atom. The number of nitrogens with zero attached hydrogens (tertiary/aromatic N) is 2. The summed E-state index contributed by atoms with van der Waals surface area (Å²) in [7, 11) is 0. The molecule has 100 valence electrons. The van der Waals surface area contributed by atoms with Gasteiger partial charge in [0, 0.05) is 11.4 Å². The van der Waals surface area contributed by atoms with Crippen molar-refractivity contribution < 1.29 is 0 Å². The van der Waals surface area contributed by atoms with Gasteiger partial charge in [-0.3, -0.25) is 0 Å². The van der Waals surface area contributed by atoms with Crippen LogP contribution in [0.25, 0.3) is 10.2 Å². The van der Waals surface area contributed by atoms with Gasteiger partial charge in [-0.25, -0.2) is 4.98 Å². The fourth-order valence-electron chi connectivity index (χ4n) is 3.04. The molecular weight excluding hydrogens is 256 g/mol. The Hall–Kier alpha value is -1.36. The second kappa shape index (κ2) is 3.82. The third-order valence-electron chi connectivity index (χ3n) is 4.48. The van der Waals surface area contributed by atoms with E-state index in [1.54, 1.807) is 11.3 Å². The first-order valence-electron chi connectivity index (χ1n) is 6.94. The van der Waals surface area contributed by atoms with Crippen molar-refractivity contribution in [2.75, 3.05) is 17.6 Å². The van der Waals surface area contributed by atoms with Gasteiger partial charge < -0.3 is 11.1 Å². The van der Waals surface area contributed by atoms with Crippen molar-refractivity contribution in [1.29, 1.82) is 0 Å². The highest BCUT2D eigenvalue weighted by Crippen LogP contribution is 2.61. The maximum Gasteiger partial charge on any atom is 0.223 e. The first-order valence-corrected chi connectivity index (χ1v) is 7.75. The van der Waals surface area contributed by atoms with Crippen LogP contribution in [0, 0.1) is 18.3 Å². The third-order valence-corrected chi connectivity index (χ3v) is 5.42. The van der Waals surface area contributed by atoms with Crippen molar-refractivity contribution in [1.82, 2.24) is 9.97 Å². The van der Waals surface area contributed by atoms with Gasteiger partial charge in [0.05, 0.1) is 5.39 Å². The molecule has 0 aromatic carbocycles. The predicted octanol–water partition coefficient (Wildman–Crippen LogP) is 3.18. The van der Waals surface area contributed by atoms with Crippen molar-refractivity contribution in [3.05, 3.63) is 10.9 Å². The molecule has 19 heavy (non-hydrogen) atoms. The number of thiophene rings is 1.